The molecule has 2 aliphatic rings. The molecule has 0 N–H and O–H groups in total. The average molecular weight is 154 g/mol. The second-order valence-electron chi connectivity index (χ2n) is 4.11. The van der Waals surface area contributed by atoms with Crippen molar-refractivity contribution in [1.82, 2.24) is 9.80 Å². The third kappa shape index (κ3) is 1.09. The molecule has 0 aliphatic carbocycles. The molecule has 2 heterocycles. The second-order valence-corrected chi connectivity index (χ2v) is 4.11. The molecule has 0 saturated carbocycles. The molecule has 2 nitrogen and oxygen atoms in total. The van der Waals surface area contributed by atoms with Crippen molar-refractivity contribution in [3.8, 4) is 0 Å². The Morgan fingerprint density at radius 1 is 0.909 bits per heavy atom. The maximum atomic E-state index is 2.53. The minimum Gasteiger partial charge on any atom is -0.302 e. The quantitative estimate of drug-likeness (QED) is 0.576. The zero-order valence-corrected chi connectivity index (χ0v) is 7.64. The molecule has 0 radical (unpaired) electrons. The normalized spacial score (nSPS) is 30.0. The van der Waals surface area contributed by atoms with Crippen LogP contribution in [0.5, 0.6) is 0 Å². The highest BCUT2D eigenvalue weighted by Gasteiger charge is 2.50. The van der Waals surface area contributed by atoms with Crippen LogP contribution < -0.4 is 0 Å². The Kier molecular flexibility index (Phi) is 1.69. The van der Waals surface area contributed by atoms with E-state index in [1.54, 1.807) is 0 Å². The third-order valence-electron chi connectivity index (χ3n) is 3.13. The molecule has 0 aromatic rings. The summed E-state index contributed by atoms with van der Waals surface area (Å²) in [4.78, 5) is 5.07. The van der Waals surface area contributed by atoms with Crippen LogP contribution in [0.2, 0.25) is 0 Å². The van der Waals surface area contributed by atoms with Gasteiger partial charge in [-0.2, -0.15) is 0 Å². The van der Waals surface area contributed by atoms with Crippen molar-refractivity contribution in [2.45, 2.75) is 13.8 Å². The molecule has 64 valence electrons. The van der Waals surface area contributed by atoms with E-state index >= 15 is 0 Å². The Bertz CT molecular complexity index is 122. The maximum Gasteiger partial charge on any atom is 0.0212 e. The number of rotatable bonds is 2. The van der Waals surface area contributed by atoms with Crippen LogP contribution in [0.4, 0.5) is 0 Å². The third-order valence-corrected chi connectivity index (χ3v) is 3.13. The van der Waals surface area contributed by atoms with Crippen molar-refractivity contribution in [3.05, 3.63) is 0 Å². The standard InChI is InChI=1S/C9H18N2/c1-3-10-5-9(6-10)7-11(4-2)8-9/h3-8H2,1-2H3. The Balaban J connectivity index is 1.75. The molecule has 0 aromatic carbocycles. The molecule has 0 unspecified atom stereocenters. The van der Waals surface area contributed by atoms with E-state index < -0.39 is 0 Å². The first-order chi connectivity index (χ1) is 5.28. The predicted molar refractivity (Wildman–Crippen MR) is 46.7 cm³/mol. The van der Waals surface area contributed by atoms with Gasteiger partial charge in [0.2, 0.25) is 0 Å². The minimum atomic E-state index is 0.742. The van der Waals surface area contributed by atoms with E-state index in [0.717, 1.165) is 5.41 Å². The van der Waals surface area contributed by atoms with Crippen LogP contribution in [0.1, 0.15) is 13.8 Å². The molecule has 0 amide bonds. The highest BCUT2D eigenvalue weighted by molar-refractivity contribution is 5.04. The lowest BCUT2D eigenvalue weighted by atomic mass is 9.73. The van der Waals surface area contributed by atoms with E-state index in [4.69, 9.17) is 0 Å². The van der Waals surface area contributed by atoms with E-state index in [1.165, 1.54) is 39.3 Å². The molecule has 2 heteroatoms. The molecule has 2 rings (SSSR count). The van der Waals surface area contributed by atoms with Crippen LogP contribution >= 0.6 is 0 Å². The van der Waals surface area contributed by atoms with Crippen LogP contribution in [0, 0.1) is 5.41 Å². The topological polar surface area (TPSA) is 6.48 Å². The van der Waals surface area contributed by atoms with Crippen molar-refractivity contribution in [2.24, 2.45) is 5.41 Å². The Morgan fingerprint density at radius 3 is 1.55 bits per heavy atom. The van der Waals surface area contributed by atoms with Crippen molar-refractivity contribution >= 4 is 0 Å². The van der Waals surface area contributed by atoms with Gasteiger partial charge in [0.05, 0.1) is 0 Å². The first-order valence-corrected chi connectivity index (χ1v) is 4.73. The Morgan fingerprint density at radius 2 is 1.27 bits per heavy atom. The molecule has 2 aliphatic heterocycles. The molecular formula is C9H18N2. The molecule has 2 fully saturated rings. The van der Waals surface area contributed by atoms with Gasteiger partial charge in [-0.25, -0.2) is 0 Å². The number of hydrogen-bond acceptors (Lipinski definition) is 2. The number of hydrogen-bond donors (Lipinski definition) is 0. The SMILES string of the molecule is CCN1CC2(C1)CN(CC)C2. The van der Waals surface area contributed by atoms with Crippen LogP contribution in [-0.4, -0.2) is 49.1 Å². The average Bonchev–Trinajstić information content (AvgIpc) is 1.83. The van der Waals surface area contributed by atoms with Gasteiger partial charge < -0.3 is 9.80 Å². The highest BCUT2D eigenvalue weighted by Crippen LogP contribution is 2.38. The largest absolute Gasteiger partial charge is 0.302 e. The number of nitrogens with zero attached hydrogens (tertiary/aromatic N) is 2. The molecule has 1 spiro atoms. The lowest BCUT2D eigenvalue weighted by molar-refractivity contribution is -0.110. The predicted octanol–water partition coefficient (Wildman–Crippen LogP) is 0.644. The van der Waals surface area contributed by atoms with Gasteiger partial charge >= 0.3 is 0 Å². The summed E-state index contributed by atoms with van der Waals surface area (Å²) >= 11 is 0. The molecule has 2 saturated heterocycles. The molecular weight excluding hydrogens is 136 g/mol. The fourth-order valence-corrected chi connectivity index (χ4v) is 2.45. The van der Waals surface area contributed by atoms with Crippen molar-refractivity contribution < 1.29 is 0 Å². The van der Waals surface area contributed by atoms with Gasteiger partial charge in [0.1, 0.15) is 0 Å². The summed E-state index contributed by atoms with van der Waals surface area (Å²) in [5.74, 6) is 0. The van der Waals surface area contributed by atoms with Crippen LogP contribution in [0.15, 0.2) is 0 Å². The summed E-state index contributed by atoms with van der Waals surface area (Å²) in [5, 5.41) is 0. The molecule has 0 aromatic heterocycles. The lowest BCUT2D eigenvalue weighted by Gasteiger charge is -2.60. The van der Waals surface area contributed by atoms with Gasteiger partial charge in [-0.05, 0) is 13.1 Å². The van der Waals surface area contributed by atoms with Gasteiger partial charge in [-0.15, -0.1) is 0 Å². The van der Waals surface area contributed by atoms with Crippen molar-refractivity contribution in [1.29, 1.82) is 0 Å². The second kappa shape index (κ2) is 2.46. The van der Waals surface area contributed by atoms with E-state index in [2.05, 4.69) is 23.6 Å². The Hall–Kier alpha value is -0.0800. The first kappa shape index (κ1) is 7.56. The summed E-state index contributed by atoms with van der Waals surface area (Å²) in [6.45, 7) is 12.4. The minimum absolute atomic E-state index is 0.742. The molecule has 11 heavy (non-hydrogen) atoms. The van der Waals surface area contributed by atoms with E-state index in [0.29, 0.717) is 0 Å². The van der Waals surface area contributed by atoms with Gasteiger partial charge in [0.15, 0.2) is 0 Å². The summed E-state index contributed by atoms with van der Waals surface area (Å²) in [6.07, 6.45) is 0. The van der Waals surface area contributed by atoms with Crippen LogP contribution in [-0.2, 0) is 0 Å². The maximum absolute atomic E-state index is 2.53. The van der Waals surface area contributed by atoms with Gasteiger partial charge in [-0.3, -0.25) is 0 Å². The van der Waals surface area contributed by atoms with Crippen LogP contribution in [0.3, 0.4) is 0 Å². The van der Waals surface area contributed by atoms with E-state index in [-0.39, 0.29) is 0 Å². The first-order valence-electron chi connectivity index (χ1n) is 4.73. The van der Waals surface area contributed by atoms with Gasteiger partial charge in [-0.1, -0.05) is 13.8 Å². The monoisotopic (exact) mass is 154 g/mol. The molecule has 0 atom stereocenters. The van der Waals surface area contributed by atoms with Gasteiger partial charge in [0.25, 0.3) is 0 Å². The summed E-state index contributed by atoms with van der Waals surface area (Å²) < 4.78 is 0. The Labute approximate surface area is 69.2 Å². The fraction of sp³-hybridized carbons (Fsp3) is 1.00. The van der Waals surface area contributed by atoms with Crippen molar-refractivity contribution in [3.63, 3.8) is 0 Å². The van der Waals surface area contributed by atoms with Crippen LogP contribution in [0.25, 0.3) is 0 Å². The highest BCUT2D eigenvalue weighted by atomic mass is 15.3. The van der Waals surface area contributed by atoms with Gasteiger partial charge in [0, 0.05) is 31.6 Å². The zero-order valence-electron chi connectivity index (χ0n) is 7.64. The fourth-order valence-electron chi connectivity index (χ4n) is 2.45. The van der Waals surface area contributed by atoms with E-state index in [1.807, 2.05) is 0 Å². The van der Waals surface area contributed by atoms with Crippen molar-refractivity contribution in [2.75, 3.05) is 39.3 Å². The summed E-state index contributed by atoms with van der Waals surface area (Å²) in [6, 6.07) is 0. The molecule has 0 bridgehead atoms. The number of likely N-dealkylation sites (tertiary alicyclic amines) is 2. The lowest BCUT2D eigenvalue weighted by Crippen LogP contribution is -2.71. The van der Waals surface area contributed by atoms with E-state index in [9.17, 15) is 0 Å². The summed E-state index contributed by atoms with van der Waals surface area (Å²) in [5.41, 5.74) is 0.742. The zero-order chi connectivity index (χ0) is 7.90. The smallest absolute Gasteiger partial charge is 0.0212 e. The summed E-state index contributed by atoms with van der Waals surface area (Å²) in [7, 11) is 0.